The van der Waals surface area contributed by atoms with Gasteiger partial charge in [-0.25, -0.2) is 4.68 Å². The topological polar surface area (TPSA) is 83.2 Å². The number of hydrogen-bond donors (Lipinski definition) is 2. The number of carbonyl (C=O) groups excluding carboxylic acids is 1. The maximum Gasteiger partial charge on any atom is 0.222 e. The number of aromatic nitrogens is 2. The van der Waals surface area contributed by atoms with Crippen molar-refractivity contribution in [2.24, 2.45) is 5.92 Å². The number of likely N-dealkylation sites (tertiary alicyclic amines) is 1. The van der Waals surface area contributed by atoms with Crippen molar-refractivity contribution in [2.45, 2.75) is 51.1 Å². The Kier molecular flexibility index (Phi) is 5.55. The third-order valence-electron chi connectivity index (χ3n) is 7.43. The highest BCUT2D eigenvalue weighted by Gasteiger charge is 2.44. The van der Waals surface area contributed by atoms with Gasteiger partial charge < -0.3 is 20.4 Å². The number of piperidine rings is 1. The van der Waals surface area contributed by atoms with E-state index < -0.39 is 0 Å². The molecule has 7 heteroatoms. The van der Waals surface area contributed by atoms with E-state index in [0.29, 0.717) is 30.6 Å². The van der Waals surface area contributed by atoms with Crippen LogP contribution in [-0.4, -0.2) is 45.4 Å². The molecular formula is C28H31N5O2. The Hall–Kier alpha value is -3.61. The molecule has 1 saturated carbocycles. The van der Waals surface area contributed by atoms with Crippen LogP contribution < -0.4 is 10.1 Å². The normalized spacial score (nSPS) is 23.1. The van der Waals surface area contributed by atoms with Crippen LogP contribution in [0, 0.1) is 11.3 Å². The van der Waals surface area contributed by atoms with Crippen molar-refractivity contribution in [1.29, 1.82) is 5.41 Å². The Morgan fingerprint density at radius 2 is 1.91 bits per heavy atom. The zero-order chi connectivity index (χ0) is 23.9. The van der Waals surface area contributed by atoms with Crippen molar-refractivity contribution >= 4 is 17.4 Å². The van der Waals surface area contributed by atoms with E-state index in [1.54, 1.807) is 0 Å². The van der Waals surface area contributed by atoms with Crippen LogP contribution >= 0.6 is 0 Å². The largest absolute Gasteiger partial charge is 0.457 e. The molecule has 1 amide bonds. The molecule has 2 aliphatic heterocycles. The fourth-order valence-electron chi connectivity index (χ4n) is 5.42. The average Bonchev–Trinajstić information content (AvgIpc) is 3.53. The fraction of sp³-hybridized carbons (Fsp3) is 0.393. The van der Waals surface area contributed by atoms with Crippen molar-refractivity contribution < 1.29 is 9.53 Å². The molecule has 1 aromatic heterocycles. The zero-order valence-electron chi connectivity index (χ0n) is 20.0. The van der Waals surface area contributed by atoms with E-state index in [2.05, 4.69) is 10.00 Å². The quantitative estimate of drug-likeness (QED) is 0.518. The van der Waals surface area contributed by atoms with Gasteiger partial charge in [0, 0.05) is 36.8 Å². The number of fused-ring (bicyclic) bond motifs is 2. The van der Waals surface area contributed by atoms with Gasteiger partial charge in [-0.15, -0.1) is 0 Å². The van der Waals surface area contributed by atoms with Gasteiger partial charge in [-0.1, -0.05) is 25.1 Å². The van der Waals surface area contributed by atoms with Crippen molar-refractivity contribution in [1.82, 2.24) is 14.7 Å². The highest BCUT2D eigenvalue weighted by Crippen LogP contribution is 2.45. The van der Waals surface area contributed by atoms with Crippen LogP contribution in [0.25, 0.3) is 11.3 Å². The van der Waals surface area contributed by atoms with Crippen molar-refractivity contribution in [3.63, 3.8) is 0 Å². The first-order chi connectivity index (χ1) is 17.1. The van der Waals surface area contributed by atoms with Crippen LogP contribution in [0.3, 0.4) is 0 Å². The van der Waals surface area contributed by atoms with Crippen molar-refractivity contribution in [2.75, 3.05) is 18.4 Å². The Bertz CT molecular complexity index is 1250. The minimum Gasteiger partial charge on any atom is -0.457 e. The molecule has 0 bridgehead atoms. The van der Waals surface area contributed by atoms with E-state index in [9.17, 15) is 4.79 Å². The molecular weight excluding hydrogens is 438 g/mol. The lowest BCUT2D eigenvalue weighted by molar-refractivity contribution is -0.132. The molecule has 180 valence electrons. The molecule has 2 unspecified atom stereocenters. The fourth-order valence-corrected chi connectivity index (χ4v) is 5.42. The van der Waals surface area contributed by atoms with Gasteiger partial charge in [0.05, 0.1) is 11.6 Å². The van der Waals surface area contributed by atoms with Gasteiger partial charge in [-0.3, -0.25) is 4.79 Å². The van der Waals surface area contributed by atoms with Crippen LogP contribution in [-0.2, 0) is 4.79 Å². The Balaban J connectivity index is 1.35. The number of anilines is 1. The lowest BCUT2D eigenvalue weighted by Crippen LogP contribution is -2.40. The molecule has 3 aliphatic rings. The molecule has 1 aliphatic carbocycles. The Morgan fingerprint density at radius 1 is 1.14 bits per heavy atom. The van der Waals surface area contributed by atoms with Crippen molar-refractivity contribution in [3.8, 4) is 22.8 Å². The monoisotopic (exact) mass is 469 g/mol. The molecule has 35 heavy (non-hydrogen) atoms. The number of para-hydroxylation sites is 1. The summed E-state index contributed by atoms with van der Waals surface area (Å²) in [4.78, 5) is 14.4. The Labute approximate surface area is 205 Å². The predicted octanol–water partition coefficient (Wildman–Crippen LogP) is 5.49. The number of hydrogen-bond acceptors (Lipinski definition) is 5. The predicted molar refractivity (Wildman–Crippen MR) is 136 cm³/mol. The molecule has 1 saturated heterocycles. The first-order valence-corrected chi connectivity index (χ1v) is 12.7. The summed E-state index contributed by atoms with van der Waals surface area (Å²) in [5, 5.41) is 17.7. The van der Waals surface area contributed by atoms with Crippen molar-refractivity contribution in [3.05, 3.63) is 60.2 Å². The minimum absolute atomic E-state index is 0.109. The highest BCUT2D eigenvalue weighted by atomic mass is 16.5. The third kappa shape index (κ3) is 4.20. The number of ether oxygens (including phenoxy) is 1. The molecule has 6 rings (SSSR count). The van der Waals surface area contributed by atoms with Crippen LogP contribution in [0.5, 0.6) is 11.5 Å². The average molecular weight is 470 g/mol. The smallest absolute Gasteiger partial charge is 0.222 e. The second-order valence-electron chi connectivity index (χ2n) is 9.87. The SMILES string of the molecule is CCC(=O)N1CCC[C@@H](n2nc(-c3ccc(Oc4ccccc4)cc3)c3c2NC2CC2CC3=N)C1. The second-order valence-corrected chi connectivity index (χ2v) is 9.87. The van der Waals surface area contributed by atoms with Gasteiger partial charge >= 0.3 is 0 Å². The van der Waals surface area contributed by atoms with Gasteiger partial charge in [-0.2, -0.15) is 5.10 Å². The summed E-state index contributed by atoms with van der Waals surface area (Å²) in [6.45, 7) is 3.41. The summed E-state index contributed by atoms with van der Waals surface area (Å²) in [6, 6.07) is 18.2. The molecule has 0 radical (unpaired) electrons. The van der Waals surface area contributed by atoms with E-state index in [4.69, 9.17) is 15.2 Å². The van der Waals surface area contributed by atoms with Crippen LogP contribution in [0.1, 0.15) is 50.6 Å². The maximum atomic E-state index is 12.4. The summed E-state index contributed by atoms with van der Waals surface area (Å²) < 4.78 is 8.06. The van der Waals surface area contributed by atoms with Gasteiger partial charge in [-0.05, 0) is 68.0 Å². The molecule has 2 aromatic carbocycles. The van der Waals surface area contributed by atoms with Gasteiger partial charge in [0.1, 0.15) is 23.0 Å². The van der Waals surface area contributed by atoms with E-state index in [-0.39, 0.29) is 11.9 Å². The summed E-state index contributed by atoms with van der Waals surface area (Å²) >= 11 is 0. The standard InChI is InChI=1S/C28H31N5O2/c1-2-25(34)32-14-6-7-20(17-32)33-28-26(23(29)15-19-16-24(19)30-28)27(31-33)18-10-12-22(13-11-18)35-21-8-4-3-5-9-21/h3-5,8-13,19-20,24,29-30H,2,6-7,14-17H2,1H3/t19?,20-,24?/m1/s1. The molecule has 2 N–H and O–H groups in total. The summed E-state index contributed by atoms with van der Waals surface area (Å²) in [5.74, 6) is 3.25. The number of nitrogens with zero attached hydrogens (tertiary/aromatic N) is 3. The van der Waals surface area contributed by atoms with Gasteiger partial charge in [0.15, 0.2) is 0 Å². The second kappa shape index (κ2) is 8.87. The molecule has 3 atom stereocenters. The lowest BCUT2D eigenvalue weighted by atomic mass is 10.0. The number of nitrogens with one attached hydrogen (secondary N) is 2. The van der Waals surface area contributed by atoms with Crippen LogP contribution in [0.15, 0.2) is 54.6 Å². The molecule has 2 fully saturated rings. The van der Waals surface area contributed by atoms with Gasteiger partial charge in [0.25, 0.3) is 0 Å². The molecule has 0 spiro atoms. The van der Waals surface area contributed by atoms with Crippen LogP contribution in [0.2, 0.25) is 0 Å². The van der Waals surface area contributed by atoms with E-state index in [0.717, 1.165) is 66.4 Å². The maximum absolute atomic E-state index is 12.4. The zero-order valence-corrected chi connectivity index (χ0v) is 20.0. The summed E-state index contributed by atoms with van der Waals surface area (Å²) in [5.41, 5.74) is 3.37. The third-order valence-corrected chi connectivity index (χ3v) is 7.43. The van der Waals surface area contributed by atoms with E-state index in [1.807, 2.05) is 66.4 Å². The first-order valence-electron chi connectivity index (χ1n) is 12.7. The number of amides is 1. The van der Waals surface area contributed by atoms with Crippen LogP contribution in [0.4, 0.5) is 5.82 Å². The number of benzene rings is 2. The van der Waals surface area contributed by atoms with E-state index in [1.165, 1.54) is 0 Å². The highest BCUT2D eigenvalue weighted by molar-refractivity contribution is 6.08. The number of carbonyl (C=O) groups is 1. The first kappa shape index (κ1) is 21.9. The van der Waals surface area contributed by atoms with E-state index >= 15 is 0 Å². The lowest BCUT2D eigenvalue weighted by Gasteiger charge is -2.33. The summed E-state index contributed by atoms with van der Waals surface area (Å²) in [7, 11) is 0. The molecule has 7 nitrogen and oxygen atoms in total. The van der Waals surface area contributed by atoms with Gasteiger partial charge in [0.2, 0.25) is 5.91 Å². The molecule has 3 heterocycles. The summed E-state index contributed by atoms with van der Waals surface area (Å²) in [6.07, 6.45) is 4.37. The number of rotatable bonds is 5. The minimum atomic E-state index is 0.109. The molecule has 3 aromatic rings. The Morgan fingerprint density at radius 3 is 2.69 bits per heavy atom.